The van der Waals surface area contributed by atoms with Crippen LogP contribution in [0.5, 0.6) is 0 Å². The fraction of sp³-hybridized carbons (Fsp3) is 0.500. The van der Waals surface area contributed by atoms with E-state index in [9.17, 15) is 4.79 Å². The zero-order valence-electron chi connectivity index (χ0n) is 14.5. The van der Waals surface area contributed by atoms with Crippen molar-refractivity contribution in [1.29, 1.82) is 0 Å². The van der Waals surface area contributed by atoms with Gasteiger partial charge in [-0.15, -0.1) is 0 Å². The van der Waals surface area contributed by atoms with E-state index in [4.69, 9.17) is 4.52 Å². The first-order chi connectivity index (χ1) is 11.4. The van der Waals surface area contributed by atoms with Crippen LogP contribution in [0.2, 0.25) is 0 Å². The van der Waals surface area contributed by atoms with E-state index in [0.717, 1.165) is 30.8 Å². The summed E-state index contributed by atoms with van der Waals surface area (Å²) in [6, 6.07) is 7.53. The lowest BCUT2D eigenvalue weighted by Crippen LogP contribution is -2.32. The standard InChI is InChI=1S/C18H24N4O2/c1-4-16-20-17(21-24-16)13-6-5-7-14(10-13)19-15(23)11-22-9-8-18(2,3)12-22/h5-7,10H,4,8-9,11-12H2,1-3H3,(H,19,23). The van der Waals surface area contributed by atoms with E-state index >= 15 is 0 Å². The summed E-state index contributed by atoms with van der Waals surface area (Å²) in [7, 11) is 0. The lowest BCUT2D eigenvalue weighted by atomic mass is 9.93. The summed E-state index contributed by atoms with van der Waals surface area (Å²) in [6.07, 6.45) is 1.84. The molecule has 6 nitrogen and oxygen atoms in total. The molecular weight excluding hydrogens is 304 g/mol. The number of hydrogen-bond acceptors (Lipinski definition) is 5. The number of hydrogen-bond donors (Lipinski definition) is 1. The first kappa shape index (κ1) is 16.6. The largest absolute Gasteiger partial charge is 0.339 e. The molecule has 0 radical (unpaired) electrons. The predicted octanol–water partition coefficient (Wildman–Crippen LogP) is 2.97. The number of nitrogens with zero attached hydrogens (tertiary/aromatic N) is 3. The normalized spacial score (nSPS) is 17.1. The Labute approximate surface area is 142 Å². The molecule has 0 saturated carbocycles. The molecule has 1 aliphatic heterocycles. The number of likely N-dealkylation sites (tertiary alicyclic amines) is 1. The molecule has 3 rings (SSSR count). The van der Waals surface area contributed by atoms with Crippen molar-refractivity contribution in [2.24, 2.45) is 5.41 Å². The summed E-state index contributed by atoms with van der Waals surface area (Å²) in [4.78, 5) is 18.8. The lowest BCUT2D eigenvalue weighted by Gasteiger charge is -2.19. The van der Waals surface area contributed by atoms with Gasteiger partial charge in [0.05, 0.1) is 6.54 Å². The Hall–Kier alpha value is -2.21. The second kappa shape index (κ2) is 6.73. The van der Waals surface area contributed by atoms with Crippen LogP contribution in [0.4, 0.5) is 5.69 Å². The van der Waals surface area contributed by atoms with Crippen LogP contribution in [0.15, 0.2) is 28.8 Å². The third-order valence-corrected chi connectivity index (χ3v) is 4.30. The smallest absolute Gasteiger partial charge is 0.238 e. The maximum absolute atomic E-state index is 12.3. The molecule has 2 heterocycles. The van der Waals surface area contributed by atoms with Crippen molar-refractivity contribution in [2.75, 3.05) is 25.0 Å². The lowest BCUT2D eigenvalue weighted by molar-refractivity contribution is -0.117. The third-order valence-electron chi connectivity index (χ3n) is 4.30. The van der Waals surface area contributed by atoms with Gasteiger partial charge in [-0.05, 0) is 30.5 Å². The van der Waals surface area contributed by atoms with Crippen LogP contribution in [0.1, 0.15) is 33.1 Å². The molecule has 6 heteroatoms. The molecule has 1 aliphatic rings. The highest BCUT2D eigenvalue weighted by Crippen LogP contribution is 2.28. The van der Waals surface area contributed by atoms with Gasteiger partial charge in [0.2, 0.25) is 17.6 Å². The number of benzene rings is 1. The predicted molar refractivity (Wildman–Crippen MR) is 92.6 cm³/mol. The van der Waals surface area contributed by atoms with Gasteiger partial charge in [0.25, 0.3) is 0 Å². The summed E-state index contributed by atoms with van der Waals surface area (Å²) in [5.74, 6) is 1.16. The van der Waals surface area contributed by atoms with Crippen LogP contribution < -0.4 is 5.32 Å². The molecular formula is C18H24N4O2. The van der Waals surface area contributed by atoms with Gasteiger partial charge in [-0.25, -0.2) is 0 Å². The van der Waals surface area contributed by atoms with Crippen LogP contribution in [0, 0.1) is 5.41 Å². The Morgan fingerprint density at radius 3 is 2.92 bits per heavy atom. The maximum atomic E-state index is 12.3. The molecule has 0 unspecified atom stereocenters. The fourth-order valence-corrected chi connectivity index (χ4v) is 3.01. The van der Waals surface area contributed by atoms with Gasteiger partial charge >= 0.3 is 0 Å². The topological polar surface area (TPSA) is 71.3 Å². The van der Waals surface area contributed by atoms with Gasteiger partial charge in [0.15, 0.2) is 0 Å². The van der Waals surface area contributed by atoms with Gasteiger partial charge in [-0.3, -0.25) is 9.69 Å². The Balaban J connectivity index is 1.63. The van der Waals surface area contributed by atoms with Gasteiger partial charge in [0.1, 0.15) is 0 Å². The first-order valence-electron chi connectivity index (χ1n) is 8.40. The Bertz CT molecular complexity index is 723. The van der Waals surface area contributed by atoms with Gasteiger partial charge in [-0.1, -0.05) is 38.1 Å². The second-order valence-electron chi connectivity index (χ2n) is 7.12. The molecule has 0 atom stereocenters. The zero-order valence-corrected chi connectivity index (χ0v) is 14.5. The summed E-state index contributed by atoms with van der Waals surface area (Å²) in [5.41, 5.74) is 1.88. The van der Waals surface area contributed by atoms with E-state index in [1.54, 1.807) is 0 Å². The molecule has 1 saturated heterocycles. The molecule has 0 spiro atoms. The van der Waals surface area contributed by atoms with E-state index < -0.39 is 0 Å². The van der Waals surface area contributed by atoms with Crippen molar-refractivity contribution >= 4 is 11.6 Å². The molecule has 1 amide bonds. The van der Waals surface area contributed by atoms with Crippen molar-refractivity contribution in [3.05, 3.63) is 30.2 Å². The number of nitrogens with one attached hydrogen (secondary N) is 1. The number of aryl methyl sites for hydroxylation is 1. The number of aromatic nitrogens is 2. The molecule has 2 aromatic rings. The molecule has 1 N–H and O–H groups in total. The van der Waals surface area contributed by atoms with E-state index in [0.29, 0.717) is 30.1 Å². The molecule has 1 aromatic carbocycles. The van der Waals surface area contributed by atoms with Crippen molar-refractivity contribution in [3.8, 4) is 11.4 Å². The highest BCUT2D eigenvalue weighted by atomic mass is 16.5. The zero-order chi connectivity index (χ0) is 17.2. The SMILES string of the molecule is CCc1nc(-c2cccc(NC(=O)CN3CCC(C)(C)C3)c2)no1. The number of carbonyl (C=O) groups is 1. The average Bonchev–Trinajstić information content (AvgIpc) is 3.14. The number of carbonyl (C=O) groups excluding carboxylic acids is 1. The van der Waals surface area contributed by atoms with Gasteiger partial charge < -0.3 is 9.84 Å². The molecule has 0 bridgehead atoms. The number of anilines is 1. The summed E-state index contributed by atoms with van der Waals surface area (Å²) >= 11 is 0. The minimum atomic E-state index is 0.00668. The van der Waals surface area contributed by atoms with Crippen LogP contribution in [0.25, 0.3) is 11.4 Å². The van der Waals surface area contributed by atoms with Crippen molar-refractivity contribution < 1.29 is 9.32 Å². The summed E-state index contributed by atoms with van der Waals surface area (Å²) in [5, 5.41) is 6.93. The number of rotatable bonds is 5. The van der Waals surface area contributed by atoms with Gasteiger partial charge in [0, 0.05) is 24.2 Å². The van der Waals surface area contributed by atoms with E-state index in [1.807, 2.05) is 31.2 Å². The minimum Gasteiger partial charge on any atom is -0.339 e. The van der Waals surface area contributed by atoms with Crippen molar-refractivity contribution in [1.82, 2.24) is 15.0 Å². The van der Waals surface area contributed by atoms with Crippen LogP contribution >= 0.6 is 0 Å². The van der Waals surface area contributed by atoms with Crippen molar-refractivity contribution in [3.63, 3.8) is 0 Å². The Kier molecular flexibility index (Phi) is 4.66. The molecule has 24 heavy (non-hydrogen) atoms. The summed E-state index contributed by atoms with van der Waals surface area (Å²) < 4.78 is 5.14. The van der Waals surface area contributed by atoms with E-state index in [1.165, 1.54) is 0 Å². The Morgan fingerprint density at radius 2 is 2.25 bits per heavy atom. The quantitative estimate of drug-likeness (QED) is 0.913. The van der Waals surface area contributed by atoms with Crippen LogP contribution in [-0.4, -0.2) is 40.6 Å². The average molecular weight is 328 g/mol. The van der Waals surface area contributed by atoms with E-state index in [-0.39, 0.29) is 5.91 Å². The van der Waals surface area contributed by atoms with E-state index in [2.05, 4.69) is 34.2 Å². The van der Waals surface area contributed by atoms with Gasteiger partial charge in [-0.2, -0.15) is 4.98 Å². The molecule has 1 aromatic heterocycles. The minimum absolute atomic E-state index is 0.00668. The maximum Gasteiger partial charge on any atom is 0.238 e. The highest BCUT2D eigenvalue weighted by Gasteiger charge is 2.29. The number of amides is 1. The molecule has 128 valence electrons. The molecule has 1 fully saturated rings. The van der Waals surface area contributed by atoms with Crippen LogP contribution in [-0.2, 0) is 11.2 Å². The monoisotopic (exact) mass is 328 g/mol. The molecule has 0 aliphatic carbocycles. The van der Waals surface area contributed by atoms with Crippen LogP contribution in [0.3, 0.4) is 0 Å². The van der Waals surface area contributed by atoms with Crippen molar-refractivity contribution in [2.45, 2.75) is 33.6 Å². The fourth-order valence-electron chi connectivity index (χ4n) is 3.01. The second-order valence-corrected chi connectivity index (χ2v) is 7.12. The first-order valence-corrected chi connectivity index (χ1v) is 8.40. The Morgan fingerprint density at radius 1 is 1.42 bits per heavy atom. The summed E-state index contributed by atoms with van der Waals surface area (Å²) in [6.45, 7) is 8.81. The third kappa shape index (κ3) is 4.00. The highest BCUT2D eigenvalue weighted by molar-refractivity contribution is 5.92.